The molecule has 0 aliphatic heterocycles. The molecule has 1 aromatic heterocycles. The Kier molecular flexibility index (Phi) is 6.10. The van der Waals surface area contributed by atoms with Crippen LogP contribution in [0, 0.1) is 11.7 Å². The van der Waals surface area contributed by atoms with Gasteiger partial charge in [0.05, 0.1) is 29.0 Å². The van der Waals surface area contributed by atoms with Crippen molar-refractivity contribution in [1.29, 1.82) is 0 Å². The molecule has 6 nitrogen and oxygen atoms in total. The Labute approximate surface area is 177 Å². The quantitative estimate of drug-likeness (QED) is 0.652. The van der Waals surface area contributed by atoms with Crippen LogP contribution >= 0.6 is 23.2 Å². The Hall–Kier alpha value is -2.25. The summed E-state index contributed by atoms with van der Waals surface area (Å²) < 4.78 is 20.7. The van der Waals surface area contributed by atoms with Gasteiger partial charge in [0, 0.05) is 5.56 Å². The maximum absolute atomic E-state index is 15.4. The molecule has 1 saturated carbocycles. The van der Waals surface area contributed by atoms with Crippen LogP contribution in [0.4, 0.5) is 9.18 Å². The zero-order valence-corrected chi connectivity index (χ0v) is 17.6. The van der Waals surface area contributed by atoms with Gasteiger partial charge in [0.15, 0.2) is 0 Å². The molecule has 29 heavy (non-hydrogen) atoms. The van der Waals surface area contributed by atoms with Crippen molar-refractivity contribution in [3.05, 3.63) is 57.3 Å². The van der Waals surface area contributed by atoms with E-state index in [1.54, 1.807) is 20.8 Å². The zero-order chi connectivity index (χ0) is 21.3. The van der Waals surface area contributed by atoms with Crippen LogP contribution in [0.3, 0.4) is 0 Å². The molecule has 1 aliphatic carbocycles. The van der Waals surface area contributed by atoms with Crippen LogP contribution in [0.2, 0.25) is 10.2 Å². The van der Waals surface area contributed by atoms with E-state index in [0.717, 1.165) is 19.0 Å². The van der Waals surface area contributed by atoms with E-state index >= 15 is 4.39 Å². The topological polar surface area (TPSA) is 81.2 Å². The lowest BCUT2D eigenvalue weighted by molar-refractivity contribution is 0.0496. The molecule has 0 bridgehead atoms. The maximum Gasteiger partial charge on any atom is 0.408 e. The van der Waals surface area contributed by atoms with Crippen molar-refractivity contribution in [2.75, 3.05) is 0 Å². The van der Waals surface area contributed by atoms with Crippen LogP contribution in [0.1, 0.15) is 61.3 Å². The number of halogens is 3. The van der Waals surface area contributed by atoms with E-state index in [2.05, 4.69) is 15.3 Å². The van der Waals surface area contributed by atoms with Crippen molar-refractivity contribution in [3.63, 3.8) is 0 Å². The molecule has 0 radical (unpaired) electrons. The second kappa shape index (κ2) is 8.24. The van der Waals surface area contributed by atoms with E-state index in [4.69, 9.17) is 27.9 Å². The molecule has 0 spiro atoms. The Balaban J connectivity index is 1.94. The van der Waals surface area contributed by atoms with Crippen LogP contribution in [0.5, 0.6) is 0 Å². The molecule has 2 aromatic rings. The van der Waals surface area contributed by atoms with Crippen molar-refractivity contribution in [3.8, 4) is 0 Å². The second-order valence-electron chi connectivity index (χ2n) is 7.84. The largest absolute Gasteiger partial charge is 0.444 e. The molecular formula is C20H20Cl2FN3O3. The fourth-order valence-corrected chi connectivity index (χ4v) is 3.22. The Morgan fingerprint density at radius 1 is 1.21 bits per heavy atom. The number of rotatable bonds is 5. The van der Waals surface area contributed by atoms with E-state index in [1.165, 1.54) is 18.3 Å². The molecule has 1 amide bonds. The number of nitrogens with zero attached hydrogens (tertiary/aromatic N) is 2. The first-order valence-electron chi connectivity index (χ1n) is 9.06. The highest BCUT2D eigenvalue weighted by molar-refractivity contribution is 6.35. The minimum absolute atomic E-state index is 0.0523. The molecular weight excluding hydrogens is 420 g/mol. The van der Waals surface area contributed by atoms with Crippen LogP contribution in [0.15, 0.2) is 24.5 Å². The summed E-state index contributed by atoms with van der Waals surface area (Å²) in [6.45, 7) is 5.22. The lowest BCUT2D eigenvalue weighted by atomic mass is 9.96. The van der Waals surface area contributed by atoms with E-state index in [1.807, 2.05) is 0 Å². The first-order chi connectivity index (χ1) is 13.6. The molecule has 1 aliphatic rings. The number of alkyl carbamates (subject to hydrolysis) is 1. The number of benzene rings is 1. The third-order valence-electron chi connectivity index (χ3n) is 4.30. The van der Waals surface area contributed by atoms with Gasteiger partial charge < -0.3 is 10.1 Å². The molecule has 1 aromatic carbocycles. The molecule has 3 rings (SSSR count). The van der Waals surface area contributed by atoms with Gasteiger partial charge in [-0.25, -0.2) is 19.2 Å². The van der Waals surface area contributed by atoms with Gasteiger partial charge in [0.2, 0.25) is 5.78 Å². The van der Waals surface area contributed by atoms with Crippen molar-refractivity contribution in [2.24, 2.45) is 5.92 Å². The van der Waals surface area contributed by atoms with Gasteiger partial charge >= 0.3 is 6.09 Å². The maximum atomic E-state index is 15.4. The van der Waals surface area contributed by atoms with E-state index in [-0.39, 0.29) is 32.9 Å². The highest BCUT2D eigenvalue weighted by Gasteiger charge is 2.37. The molecule has 0 saturated heterocycles. The minimum atomic E-state index is -0.799. The van der Waals surface area contributed by atoms with Crippen molar-refractivity contribution in [2.45, 2.75) is 45.3 Å². The molecule has 1 heterocycles. The fraction of sp³-hybridized carbons (Fsp3) is 0.400. The van der Waals surface area contributed by atoms with Gasteiger partial charge in [-0.3, -0.25) is 4.79 Å². The first-order valence-corrected chi connectivity index (χ1v) is 9.82. The highest BCUT2D eigenvalue weighted by Crippen LogP contribution is 2.43. The van der Waals surface area contributed by atoms with Crippen LogP contribution < -0.4 is 5.32 Å². The summed E-state index contributed by atoms with van der Waals surface area (Å²) in [5, 5.41) is 2.78. The number of carbonyl (C=O) groups excluding carboxylic acids is 2. The third-order valence-corrected chi connectivity index (χ3v) is 4.81. The smallest absolute Gasteiger partial charge is 0.408 e. The molecule has 1 atom stereocenters. The number of hydrogen-bond donors (Lipinski definition) is 1. The predicted molar refractivity (Wildman–Crippen MR) is 107 cm³/mol. The fourth-order valence-electron chi connectivity index (χ4n) is 2.89. The standard InChI is InChI=1S/C20H20Cl2FN3O3/c1-20(2,3)29-19(28)26-17(10-4-5-10)11-6-7-12(21)15(16(11)23)18(27)13-8-25-14(22)9-24-13/h6-10,17H,4-5H2,1-3H3,(H,26,28)/t17-/m1/s1. The van der Waals surface area contributed by atoms with Gasteiger partial charge in [-0.2, -0.15) is 0 Å². The minimum Gasteiger partial charge on any atom is -0.444 e. The summed E-state index contributed by atoms with van der Waals surface area (Å²) in [5.41, 5.74) is -0.925. The van der Waals surface area contributed by atoms with Crippen LogP contribution in [-0.4, -0.2) is 27.4 Å². The summed E-state index contributed by atoms with van der Waals surface area (Å²) >= 11 is 11.8. The summed E-state index contributed by atoms with van der Waals surface area (Å²) in [7, 11) is 0. The normalized spacial score (nSPS) is 15.0. The van der Waals surface area contributed by atoms with Crippen LogP contribution in [-0.2, 0) is 4.74 Å². The van der Waals surface area contributed by atoms with Gasteiger partial charge in [0.25, 0.3) is 0 Å². The Morgan fingerprint density at radius 3 is 2.45 bits per heavy atom. The number of ether oxygens (including phenoxy) is 1. The second-order valence-corrected chi connectivity index (χ2v) is 8.63. The molecule has 0 unspecified atom stereocenters. The van der Waals surface area contributed by atoms with Crippen molar-refractivity contribution < 1.29 is 18.7 Å². The molecule has 154 valence electrons. The van der Waals surface area contributed by atoms with E-state index in [9.17, 15) is 9.59 Å². The number of ketones is 1. The van der Waals surface area contributed by atoms with Crippen molar-refractivity contribution >= 4 is 35.1 Å². The number of carbonyl (C=O) groups is 2. The van der Waals surface area contributed by atoms with Crippen molar-refractivity contribution in [1.82, 2.24) is 15.3 Å². The highest BCUT2D eigenvalue weighted by atomic mass is 35.5. The van der Waals surface area contributed by atoms with Crippen LogP contribution in [0.25, 0.3) is 0 Å². The van der Waals surface area contributed by atoms with Gasteiger partial charge in [-0.15, -0.1) is 0 Å². The number of aromatic nitrogens is 2. The molecule has 1 N–H and O–H groups in total. The summed E-state index contributed by atoms with van der Waals surface area (Å²) in [6, 6.07) is 2.27. The van der Waals surface area contributed by atoms with Gasteiger partial charge in [0.1, 0.15) is 22.3 Å². The monoisotopic (exact) mass is 439 g/mol. The van der Waals surface area contributed by atoms with E-state index < -0.39 is 29.3 Å². The SMILES string of the molecule is CC(C)(C)OC(=O)N[C@@H](c1ccc(Cl)c(C(=O)c2cnc(Cl)cn2)c1F)C1CC1. The molecule has 9 heteroatoms. The zero-order valence-electron chi connectivity index (χ0n) is 16.1. The third kappa shape index (κ3) is 5.22. The Morgan fingerprint density at radius 2 is 1.90 bits per heavy atom. The van der Waals surface area contributed by atoms with Gasteiger partial charge in [-0.05, 0) is 45.6 Å². The average molecular weight is 440 g/mol. The first kappa shape index (κ1) is 21.5. The summed E-state index contributed by atoms with van der Waals surface area (Å²) in [6.07, 6.45) is 3.36. The average Bonchev–Trinajstić information content (AvgIpc) is 3.44. The number of nitrogens with one attached hydrogen (secondary N) is 1. The molecule has 1 fully saturated rings. The predicted octanol–water partition coefficient (Wildman–Crippen LogP) is 5.13. The summed E-state index contributed by atoms with van der Waals surface area (Å²) in [4.78, 5) is 32.7. The van der Waals surface area contributed by atoms with E-state index in [0.29, 0.717) is 0 Å². The summed E-state index contributed by atoms with van der Waals surface area (Å²) in [5.74, 6) is -1.46. The lowest BCUT2D eigenvalue weighted by Gasteiger charge is -2.24. The number of amides is 1. The Bertz CT molecular complexity index is 941. The lowest BCUT2D eigenvalue weighted by Crippen LogP contribution is -2.36. The number of hydrogen-bond acceptors (Lipinski definition) is 5. The van der Waals surface area contributed by atoms with Gasteiger partial charge in [-0.1, -0.05) is 29.3 Å².